The summed E-state index contributed by atoms with van der Waals surface area (Å²) in [7, 11) is 0. The first-order valence-corrected chi connectivity index (χ1v) is 3.93. The molecule has 0 bridgehead atoms. The van der Waals surface area contributed by atoms with Gasteiger partial charge in [0.15, 0.2) is 0 Å². The Morgan fingerprint density at radius 3 is 2.45 bits per heavy atom. The van der Waals surface area contributed by atoms with E-state index < -0.39 is 5.60 Å². The first-order chi connectivity index (χ1) is 5.02. The fourth-order valence-corrected chi connectivity index (χ4v) is 0.851. The van der Waals surface area contributed by atoms with Gasteiger partial charge in [-0.05, 0) is 27.7 Å². The lowest BCUT2D eigenvalue weighted by atomic mass is 10.1. The van der Waals surface area contributed by atoms with E-state index in [0.717, 1.165) is 0 Å². The molecule has 0 aromatic carbocycles. The van der Waals surface area contributed by atoms with E-state index in [4.69, 9.17) is 9.84 Å². The lowest BCUT2D eigenvalue weighted by Gasteiger charge is -2.25. The van der Waals surface area contributed by atoms with E-state index >= 15 is 0 Å². The minimum Gasteiger partial charge on any atom is -0.393 e. The van der Waals surface area contributed by atoms with Crippen LogP contribution in [0.4, 0.5) is 0 Å². The molecule has 66 valence electrons. The van der Waals surface area contributed by atoms with Crippen LogP contribution in [0.25, 0.3) is 0 Å². The van der Waals surface area contributed by atoms with Crippen molar-refractivity contribution < 1.29 is 9.84 Å². The predicted octanol–water partition coefficient (Wildman–Crippen LogP) is 1.74. The van der Waals surface area contributed by atoms with Crippen LogP contribution in [0.2, 0.25) is 0 Å². The van der Waals surface area contributed by atoms with Crippen molar-refractivity contribution in [1.29, 1.82) is 0 Å². The van der Waals surface area contributed by atoms with E-state index in [-0.39, 0.29) is 12.7 Å². The number of hydrogen-bond acceptors (Lipinski definition) is 2. The summed E-state index contributed by atoms with van der Waals surface area (Å²) >= 11 is 0. The Hall–Kier alpha value is -0.340. The zero-order chi connectivity index (χ0) is 8.91. The summed E-state index contributed by atoms with van der Waals surface area (Å²) < 4.78 is 5.49. The molecule has 0 amide bonds. The van der Waals surface area contributed by atoms with Crippen LogP contribution in [-0.4, -0.2) is 23.4 Å². The monoisotopic (exact) mass is 158 g/mol. The van der Waals surface area contributed by atoms with E-state index in [1.807, 2.05) is 39.8 Å². The van der Waals surface area contributed by atoms with Crippen molar-refractivity contribution >= 4 is 0 Å². The van der Waals surface area contributed by atoms with Gasteiger partial charge in [-0.1, -0.05) is 12.2 Å². The summed E-state index contributed by atoms with van der Waals surface area (Å²) in [6.45, 7) is 7.69. The van der Waals surface area contributed by atoms with Crippen molar-refractivity contribution in [2.45, 2.75) is 39.4 Å². The van der Waals surface area contributed by atoms with Crippen molar-refractivity contribution in [3.8, 4) is 0 Å². The molecule has 0 unspecified atom stereocenters. The molecule has 2 nitrogen and oxygen atoms in total. The average molecular weight is 158 g/mol. The van der Waals surface area contributed by atoms with E-state index in [9.17, 15) is 0 Å². The maximum absolute atomic E-state index is 8.86. The van der Waals surface area contributed by atoms with Crippen LogP contribution in [0, 0.1) is 0 Å². The van der Waals surface area contributed by atoms with Gasteiger partial charge in [0, 0.05) is 0 Å². The topological polar surface area (TPSA) is 29.5 Å². The van der Waals surface area contributed by atoms with Crippen molar-refractivity contribution in [1.82, 2.24) is 0 Å². The van der Waals surface area contributed by atoms with Gasteiger partial charge in [-0.25, -0.2) is 0 Å². The van der Waals surface area contributed by atoms with Gasteiger partial charge in [-0.3, -0.25) is 0 Å². The Labute approximate surface area is 68.9 Å². The molecule has 0 radical (unpaired) electrons. The quantitative estimate of drug-likeness (QED) is 0.631. The average Bonchev–Trinajstić information content (AvgIpc) is 1.87. The number of aliphatic hydroxyl groups is 1. The number of rotatable bonds is 4. The van der Waals surface area contributed by atoms with Crippen LogP contribution in [-0.2, 0) is 4.74 Å². The molecule has 2 heteroatoms. The van der Waals surface area contributed by atoms with E-state index in [1.54, 1.807) is 0 Å². The molecule has 1 atom stereocenters. The summed E-state index contributed by atoms with van der Waals surface area (Å²) in [5.41, 5.74) is -0.432. The highest BCUT2D eigenvalue weighted by atomic mass is 16.5. The maximum Gasteiger partial charge on any atom is 0.0864 e. The molecule has 0 aromatic heterocycles. The molecule has 0 aromatic rings. The summed E-state index contributed by atoms with van der Waals surface area (Å²) in [5.74, 6) is 0. The fourth-order valence-electron chi connectivity index (χ4n) is 0.851. The fraction of sp³-hybridized carbons (Fsp3) is 0.778. The van der Waals surface area contributed by atoms with Gasteiger partial charge in [-0.2, -0.15) is 0 Å². The molecule has 0 rings (SSSR count). The lowest BCUT2D eigenvalue weighted by Crippen LogP contribution is -2.32. The predicted molar refractivity (Wildman–Crippen MR) is 46.5 cm³/mol. The molecule has 1 N–H and O–H groups in total. The third-order valence-corrected chi connectivity index (χ3v) is 1.35. The SMILES string of the molecule is C/C=C\[C@H](C)OC(C)(C)CO. The normalized spacial score (nSPS) is 15.7. The number of aliphatic hydroxyl groups excluding tert-OH is 1. The summed E-state index contributed by atoms with van der Waals surface area (Å²) in [4.78, 5) is 0. The summed E-state index contributed by atoms with van der Waals surface area (Å²) in [6, 6.07) is 0. The van der Waals surface area contributed by atoms with Crippen LogP contribution in [0.3, 0.4) is 0 Å². The Kier molecular flexibility index (Phi) is 4.38. The van der Waals surface area contributed by atoms with E-state index in [2.05, 4.69) is 0 Å². The van der Waals surface area contributed by atoms with Crippen LogP contribution in [0.1, 0.15) is 27.7 Å². The van der Waals surface area contributed by atoms with Gasteiger partial charge in [0.2, 0.25) is 0 Å². The van der Waals surface area contributed by atoms with Crippen molar-refractivity contribution in [3.05, 3.63) is 12.2 Å². The first kappa shape index (κ1) is 10.7. The van der Waals surface area contributed by atoms with Crippen molar-refractivity contribution in [3.63, 3.8) is 0 Å². The minimum absolute atomic E-state index is 0.0505. The van der Waals surface area contributed by atoms with Crippen LogP contribution in [0.5, 0.6) is 0 Å². The molecule has 0 heterocycles. The summed E-state index contributed by atoms with van der Waals surface area (Å²) in [6.07, 6.45) is 3.97. The standard InChI is InChI=1S/C9H18O2/c1-5-6-8(2)11-9(3,4)7-10/h5-6,8,10H,7H2,1-4H3/b6-5-/t8-/m0/s1. The molecule has 11 heavy (non-hydrogen) atoms. The van der Waals surface area contributed by atoms with Crippen LogP contribution >= 0.6 is 0 Å². The molecule has 0 aliphatic heterocycles. The van der Waals surface area contributed by atoms with Gasteiger partial charge in [0.25, 0.3) is 0 Å². The Morgan fingerprint density at radius 2 is 2.09 bits per heavy atom. The van der Waals surface area contributed by atoms with Crippen LogP contribution in [0.15, 0.2) is 12.2 Å². The number of allylic oxidation sites excluding steroid dienone is 1. The zero-order valence-corrected chi connectivity index (χ0v) is 7.79. The molecule has 0 saturated carbocycles. The van der Waals surface area contributed by atoms with Crippen molar-refractivity contribution in [2.75, 3.05) is 6.61 Å². The molecule has 0 aliphatic rings. The molecule has 0 fully saturated rings. The second-order valence-corrected chi connectivity index (χ2v) is 3.27. The zero-order valence-electron chi connectivity index (χ0n) is 7.79. The highest BCUT2D eigenvalue weighted by molar-refractivity contribution is 4.85. The molecule has 0 aliphatic carbocycles. The highest BCUT2D eigenvalue weighted by Gasteiger charge is 2.18. The minimum atomic E-state index is -0.432. The number of ether oxygens (including phenoxy) is 1. The van der Waals surface area contributed by atoms with Crippen LogP contribution < -0.4 is 0 Å². The van der Waals surface area contributed by atoms with Gasteiger partial charge < -0.3 is 9.84 Å². The molecular formula is C9H18O2. The largest absolute Gasteiger partial charge is 0.393 e. The second kappa shape index (κ2) is 4.52. The molecular weight excluding hydrogens is 140 g/mol. The van der Waals surface area contributed by atoms with Gasteiger partial charge in [0.1, 0.15) is 0 Å². The van der Waals surface area contributed by atoms with Crippen molar-refractivity contribution in [2.24, 2.45) is 0 Å². The van der Waals surface area contributed by atoms with Gasteiger partial charge in [0.05, 0.1) is 18.3 Å². The maximum atomic E-state index is 8.86. The lowest BCUT2D eigenvalue weighted by molar-refractivity contribution is -0.0744. The third kappa shape index (κ3) is 4.99. The molecule has 0 spiro atoms. The highest BCUT2D eigenvalue weighted by Crippen LogP contribution is 2.11. The van der Waals surface area contributed by atoms with E-state index in [1.165, 1.54) is 0 Å². The first-order valence-electron chi connectivity index (χ1n) is 3.93. The third-order valence-electron chi connectivity index (χ3n) is 1.35. The Morgan fingerprint density at radius 1 is 1.55 bits per heavy atom. The van der Waals surface area contributed by atoms with Gasteiger partial charge in [-0.15, -0.1) is 0 Å². The Bertz CT molecular complexity index is 128. The van der Waals surface area contributed by atoms with E-state index in [0.29, 0.717) is 0 Å². The Balaban J connectivity index is 3.82. The van der Waals surface area contributed by atoms with Gasteiger partial charge >= 0.3 is 0 Å². The number of hydrogen-bond donors (Lipinski definition) is 1. The second-order valence-electron chi connectivity index (χ2n) is 3.27. The summed E-state index contributed by atoms with van der Waals surface area (Å²) in [5, 5.41) is 8.86. The smallest absolute Gasteiger partial charge is 0.0864 e. The molecule has 0 saturated heterocycles.